The van der Waals surface area contributed by atoms with Gasteiger partial charge in [0.1, 0.15) is 5.76 Å². The summed E-state index contributed by atoms with van der Waals surface area (Å²) in [6, 6.07) is 11.6. The number of rotatable bonds is 2. The van der Waals surface area contributed by atoms with Crippen LogP contribution >= 0.6 is 0 Å². The normalized spacial score (nSPS) is 15.8. The second-order valence-corrected chi connectivity index (χ2v) is 3.88. The van der Waals surface area contributed by atoms with Crippen molar-refractivity contribution in [2.45, 2.75) is 0 Å². The molecule has 1 aromatic carbocycles. The Bertz CT molecular complexity index is 616. The SMILES string of the molecule is O=CC1=C/C(=C\c2ccco2)c2ccccc21. The Morgan fingerprint density at radius 2 is 1.82 bits per heavy atom. The van der Waals surface area contributed by atoms with Crippen molar-refractivity contribution in [3.63, 3.8) is 0 Å². The van der Waals surface area contributed by atoms with Crippen LogP contribution in [-0.2, 0) is 4.79 Å². The third-order valence-electron chi connectivity index (χ3n) is 2.83. The number of benzene rings is 1. The van der Waals surface area contributed by atoms with E-state index in [1.54, 1.807) is 6.26 Å². The molecule has 2 nitrogen and oxygen atoms in total. The van der Waals surface area contributed by atoms with E-state index in [1.807, 2.05) is 48.6 Å². The van der Waals surface area contributed by atoms with Crippen molar-refractivity contribution < 1.29 is 9.21 Å². The van der Waals surface area contributed by atoms with Crippen molar-refractivity contribution in [2.75, 3.05) is 0 Å². The lowest BCUT2D eigenvalue weighted by atomic mass is 10.0. The summed E-state index contributed by atoms with van der Waals surface area (Å²) in [5.74, 6) is 0.790. The summed E-state index contributed by atoms with van der Waals surface area (Å²) < 4.78 is 5.29. The van der Waals surface area contributed by atoms with E-state index in [0.717, 1.165) is 34.3 Å². The van der Waals surface area contributed by atoms with E-state index in [2.05, 4.69) is 0 Å². The Morgan fingerprint density at radius 3 is 2.53 bits per heavy atom. The number of aldehydes is 1. The molecule has 1 aliphatic carbocycles. The number of furan rings is 1. The molecule has 0 fully saturated rings. The summed E-state index contributed by atoms with van der Waals surface area (Å²) in [7, 11) is 0. The largest absolute Gasteiger partial charge is 0.465 e. The Labute approximate surface area is 98.9 Å². The fraction of sp³-hybridized carbons (Fsp3) is 0. The number of fused-ring (bicyclic) bond motifs is 1. The maximum Gasteiger partial charge on any atom is 0.150 e. The maximum absolute atomic E-state index is 11.0. The molecular formula is C15H10O2. The van der Waals surface area contributed by atoms with Crippen LogP contribution in [0.15, 0.2) is 53.2 Å². The molecule has 0 saturated carbocycles. The van der Waals surface area contributed by atoms with Gasteiger partial charge in [0.2, 0.25) is 0 Å². The van der Waals surface area contributed by atoms with E-state index >= 15 is 0 Å². The molecule has 82 valence electrons. The van der Waals surface area contributed by atoms with Crippen LogP contribution in [0.5, 0.6) is 0 Å². The highest BCUT2D eigenvalue weighted by Crippen LogP contribution is 2.35. The zero-order valence-electron chi connectivity index (χ0n) is 9.09. The Morgan fingerprint density at radius 1 is 1.00 bits per heavy atom. The van der Waals surface area contributed by atoms with Crippen molar-refractivity contribution in [3.05, 3.63) is 65.6 Å². The van der Waals surface area contributed by atoms with Crippen molar-refractivity contribution >= 4 is 23.5 Å². The van der Waals surface area contributed by atoms with Crippen LogP contribution in [0, 0.1) is 0 Å². The fourth-order valence-corrected chi connectivity index (χ4v) is 2.05. The van der Waals surface area contributed by atoms with Crippen molar-refractivity contribution in [1.29, 1.82) is 0 Å². The quantitative estimate of drug-likeness (QED) is 0.729. The molecule has 1 aliphatic rings. The lowest BCUT2D eigenvalue weighted by Crippen LogP contribution is -1.83. The van der Waals surface area contributed by atoms with Crippen LogP contribution in [0.4, 0.5) is 0 Å². The molecule has 0 N–H and O–H groups in total. The van der Waals surface area contributed by atoms with E-state index in [4.69, 9.17) is 4.42 Å². The third kappa shape index (κ3) is 1.64. The molecule has 0 amide bonds. The second kappa shape index (κ2) is 3.91. The number of hydrogen-bond acceptors (Lipinski definition) is 2. The van der Waals surface area contributed by atoms with Gasteiger partial charge < -0.3 is 4.42 Å². The van der Waals surface area contributed by atoms with Crippen LogP contribution in [-0.4, -0.2) is 6.29 Å². The molecule has 0 unspecified atom stereocenters. The highest BCUT2D eigenvalue weighted by molar-refractivity contribution is 6.17. The molecule has 0 radical (unpaired) electrons. The average Bonchev–Trinajstić information content (AvgIpc) is 2.98. The van der Waals surface area contributed by atoms with Gasteiger partial charge in [-0.3, -0.25) is 4.79 Å². The van der Waals surface area contributed by atoms with Gasteiger partial charge in [-0.05, 0) is 41.0 Å². The van der Waals surface area contributed by atoms with Crippen molar-refractivity contribution in [3.8, 4) is 0 Å². The first-order valence-electron chi connectivity index (χ1n) is 5.40. The molecule has 0 spiro atoms. The first-order valence-corrected chi connectivity index (χ1v) is 5.40. The predicted octanol–water partition coefficient (Wildman–Crippen LogP) is 3.42. The standard InChI is InChI=1S/C15H10O2/c16-10-12-8-11(9-13-4-3-7-17-13)14-5-1-2-6-15(12)14/h1-10H/b11-9+. The number of carbonyl (C=O) groups is 1. The van der Waals surface area contributed by atoms with Gasteiger partial charge >= 0.3 is 0 Å². The predicted molar refractivity (Wildman–Crippen MR) is 67.1 cm³/mol. The lowest BCUT2D eigenvalue weighted by Gasteiger charge is -2.00. The van der Waals surface area contributed by atoms with E-state index < -0.39 is 0 Å². The van der Waals surface area contributed by atoms with Crippen LogP contribution < -0.4 is 0 Å². The smallest absolute Gasteiger partial charge is 0.150 e. The van der Waals surface area contributed by atoms with E-state index in [-0.39, 0.29) is 0 Å². The number of carbonyl (C=O) groups excluding carboxylic acids is 1. The zero-order chi connectivity index (χ0) is 11.7. The van der Waals surface area contributed by atoms with E-state index in [9.17, 15) is 4.79 Å². The summed E-state index contributed by atoms with van der Waals surface area (Å²) >= 11 is 0. The first-order chi connectivity index (χ1) is 8.38. The molecule has 0 saturated heterocycles. The molecule has 17 heavy (non-hydrogen) atoms. The summed E-state index contributed by atoms with van der Waals surface area (Å²) in [4.78, 5) is 11.0. The summed E-state index contributed by atoms with van der Waals surface area (Å²) in [5, 5.41) is 0. The average molecular weight is 222 g/mol. The number of hydrogen-bond donors (Lipinski definition) is 0. The molecule has 0 atom stereocenters. The summed E-state index contributed by atoms with van der Waals surface area (Å²) in [6.45, 7) is 0. The molecule has 1 heterocycles. The van der Waals surface area contributed by atoms with Gasteiger partial charge in [-0.25, -0.2) is 0 Å². The van der Waals surface area contributed by atoms with Gasteiger partial charge in [-0.2, -0.15) is 0 Å². The van der Waals surface area contributed by atoms with Crippen molar-refractivity contribution in [2.24, 2.45) is 0 Å². The van der Waals surface area contributed by atoms with Crippen LogP contribution in [0.3, 0.4) is 0 Å². The molecular weight excluding hydrogens is 212 g/mol. The highest BCUT2D eigenvalue weighted by atomic mass is 16.3. The van der Waals surface area contributed by atoms with Gasteiger partial charge in [0, 0.05) is 5.57 Å². The molecule has 3 rings (SSSR count). The van der Waals surface area contributed by atoms with Crippen LogP contribution in [0.2, 0.25) is 0 Å². The van der Waals surface area contributed by atoms with Crippen molar-refractivity contribution in [1.82, 2.24) is 0 Å². The van der Waals surface area contributed by atoms with Gasteiger partial charge in [-0.1, -0.05) is 24.3 Å². The maximum atomic E-state index is 11.0. The minimum atomic E-state index is 0.721. The molecule has 1 aromatic heterocycles. The monoisotopic (exact) mass is 222 g/mol. The molecule has 0 bridgehead atoms. The minimum absolute atomic E-state index is 0.721. The second-order valence-electron chi connectivity index (χ2n) is 3.88. The Balaban J connectivity index is 2.15. The lowest BCUT2D eigenvalue weighted by molar-refractivity contribution is -0.103. The molecule has 2 aromatic rings. The Hall–Kier alpha value is -2.35. The van der Waals surface area contributed by atoms with Gasteiger partial charge in [0.25, 0.3) is 0 Å². The molecule has 2 heteroatoms. The van der Waals surface area contributed by atoms with E-state index in [1.165, 1.54) is 0 Å². The first kappa shape index (κ1) is 9.85. The van der Waals surface area contributed by atoms with Gasteiger partial charge in [-0.15, -0.1) is 0 Å². The zero-order valence-corrected chi connectivity index (χ0v) is 9.09. The van der Waals surface area contributed by atoms with E-state index in [0.29, 0.717) is 0 Å². The topological polar surface area (TPSA) is 30.2 Å². The van der Waals surface area contributed by atoms with Crippen LogP contribution in [0.25, 0.3) is 17.2 Å². The fourth-order valence-electron chi connectivity index (χ4n) is 2.05. The minimum Gasteiger partial charge on any atom is -0.465 e. The molecule has 0 aliphatic heterocycles. The van der Waals surface area contributed by atoms with Gasteiger partial charge in [0.15, 0.2) is 6.29 Å². The summed E-state index contributed by atoms with van der Waals surface area (Å²) in [5.41, 5.74) is 3.79. The Kier molecular flexibility index (Phi) is 2.26. The third-order valence-corrected chi connectivity index (χ3v) is 2.83. The highest BCUT2D eigenvalue weighted by Gasteiger charge is 2.17. The summed E-state index contributed by atoms with van der Waals surface area (Å²) in [6.07, 6.45) is 6.36. The van der Waals surface area contributed by atoms with Crippen LogP contribution in [0.1, 0.15) is 16.9 Å². The van der Waals surface area contributed by atoms with Gasteiger partial charge in [0.05, 0.1) is 6.26 Å². The number of allylic oxidation sites excluding steroid dienone is 3.